The Morgan fingerprint density at radius 2 is 2.00 bits per heavy atom. The molecule has 0 saturated carbocycles. The monoisotopic (exact) mass is 305 g/mol. The standard InChI is InChI=1S/C17H24ClN3/c1-5-15-17(18)16(21(4)20-15)11-14(19-3)10-13-9-7-6-8-12(13)2/h6-9,14,19H,5,10-11H2,1-4H3. The SMILES string of the molecule is CCc1nn(C)c(CC(Cc2ccccc2C)NC)c1Cl. The molecule has 4 heteroatoms. The van der Waals surface area contributed by atoms with Gasteiger partial charge >= 0.3 is 0 Å². The molecule has 0 saturated heterocycles. The number of hydrogen-bond acceptors (Lipinski definition) is 2. The lowest BCUT2D eigenvalue weighted by molar-refractivity contribution is 0.532. The highest BCUT2D eigenvalue weighted by Gasteiger charge is 2.17. The Balaban J connectivity index is 2.16. The van der Waals surface area contributed by atoms with Crippen LogP contribution in [-0.4, -0.2) is 22.9 Å². The van der Waals surface area contributed by atoms with Gasteiger partial charge in [0.15, 0.2) is 0 Å². The maximum atomic E-state index is 6.45. The summed E-state index contributed by atoms with van der Waals surface area (Å²) in [6.45, 7) is 4.25. The summed E-state index contributed by atoms with van der Waals surface area (Å²) in [6.07, 6.45) is 2.74. The van der Waals surface area contributed by atoms with E-state index in [1.165, 1.54) is 11.1 Å². The molecule has 21 heavy (non-hydrogen) atoms. The van der Waals surface area contributed by atoms with Crippen LogP contribution in [0.2, 0.25) is 5.02 Å². The summed E-state index contributed by atoms with van der Waals surface area (Å²) in [5, 5.41) is 8.73. The average Bonchev–Trinajstić information content (AvgIpc) is 2.75. The van der Waals surface area contributed by atoms with Gasteiger partial charge in [0.25, 0.3) is 0 Å². The molecule has 0 aliphatic carbocycles. The molecule has 114 valence electrons. The summed E-state index contributed by atoms with van der Waals surface area (Å²) >= 11 is 6.45. The molecule has 0 fully saturated rings. The molecule has 2 rings (SSSR count). The van der Waals surface area contributed by atoms with Crippen molar-refractivity contribution in [2.24, 2.45) is 7.05 Å². The number of halogens is 1. The van der Waals surface area contributed by atoms with E-state index in [1.54, 1.807) is 0 Å². The summed E-state index contributed by atoms with van der Waals surface area (Å²) in [6, 6.07) is 8.89. The molecule has 0 spiro atoms. The topological polar surface area (TPSA) is 29.9 Å². The molecule has 0 radical (unpaired) electrons. The minimum absolute atomic E-state index is 0.351. The third-order valence-corrected chi connectivity index (χ3v) is 4.51. The molecule has 0 amide bonds. The van der Waals surface area contributed by atoms with E-state index in [-0.39, 0.29) is 0 Å². The van der Waals surface area contributed by atoms with Crippen LogP contribution in [0.4, 0.5) is 0 Å². The largest absolute Gasteiger partial charge is 0.316 e. The summed E-state index contributed by atoms with van der Waals surface area (Å²) in [4.78, 5) is 0. The maximum Gasteiger partial charge on any atom is 0.0850 e. The molecule has 1 heterocycles. The molecule has 3 nitrogen and oxygen atoms in total. The highest BCUT2D eigenvalue weighted by atomic mass is 35.5. The minimum Gasteiger partial charge on any atom is -0.316 e. The average molecular weight is 306 g/mol. The lowest BCUT2D eigenvalue weighted by Gasteiger charge is -2.18. The number of hydrogen-bond donors (Lipinski definition) is 1. The fourth-order valence-electron chi connectivity index (χ4n) is 2.66. The van der Waals surface area contributed by atoms with E-state index in [1.807, 2.05) is 18.8 Å². The van der Waals surface area contributed by atoms with Crippen LogP contribution >= 0.6 is 11.6 Å². The van der Waals surface area contributed by atoms with Gasteiger partial charge in [-0.2, -0.15) is 5.10 Å². The number of nitrogens with one attached hydrogen (secondary N) is 1. The zero-order chi connectivity index (χ0) is 15.4. The number of aromatic nitrogens is 2. The first-order chi connectivity index (χ1) is 10.1. The van der Waals surface area contributed by atoms with E-state index in [0.717, 1.165) is 35.7 Å². The second kappa shape index (κ2) is 7.10. The summed E-state index contributed by atoms with van der Waals surface area (Å²) in [7, 11) is 3.98. The van der Waals surface area contributed by atoms with E-state index >= 15 is 0 Å². The van der Waals surface area contributed by atoms with Gasteiger partial charge in [0, 0.05) is 19.5 Å². The van der Waals surface area contributed by atoms with Crippen LogP contribution in [0.5, 0.6) is 0 Å². The fourth-order valence-corrected chi connectivity index (χ4v) is 3.03. The predicted octanol–water partition coefficient (Wildman–Crippen LogP) is 3.32. The summed E-state index contributed by atoms with van der Waals surface area (Å²) in [5.41, 5.74) is 4.82. The molecular formula is C17H24ClN3. The Kier molecular flexibility index (Phi) is 5.43. The molecule has 1 N–H and O–H groups in total. The second-order valence-electron chi connectivity index (χ2n) is 5.50. The van der Waals surface area contributed by atoms with E-state index in [9.17, 15) is 0 Å². The maximum absolute atomic E-state index is 6.45. The van der Waals surface area contributed by atoms with Crippen LogP contribution in [0.3, 0.4) is 0 Å². The summed E-state index contributed by atoms with van der Waals surface area (Å²) < 4.78 is 1.92. The number of likely N-dealkylation sites (N-methyl/N-ethyl adjacent to an activating group) is 1. The molecule has 0 aliphatic rings. The molecule has 1 aromatic heterocycles. The smallest absolute Gasteiger partial charge is 0.0850 e. The fraction of sp³-hybridized carbons (Fsp3) is 0.471. The Bertz CT molecular complexity index is 604. The number of aryl methyl sites for hydroxylation is 3. The third kappa shape index (κ3) is 3.66. The normalized spacial score (nSPS) is 12.6. The first kappa shape index (κ1) is 16.1. The molecule has 2 aromatic rings. The van der Waals surface area contributed by atoms with Crippen LogP contribution in [0.15, 0.2) is 24.3 Å². The lowest BCUT2D eigenvalue weighted by atomic mass is 9.98. The molecular weight excluding hydrogens is 282 g/mol. The van der Waals surface area contributed by atoms with E-state index in [0.29, 0.717) is 6.04 Å². The van der Waals surface area contributed by atoms with Crippen molar-refractivity contribution in [3.05, 3.63) is 51.8 Å². The Hall–Kier alpha value is -1.32. The first-order valence-corrected chi connectivity index (χ1v) is 7.86. The zero-order valence-corrected chi connectivity index (χ0v) is 14.0. The van der Waals surface area contributed by atoms with Crippen molar-refractivity contribution in [2.45, 2.75) is 39.2 Å². The van der Waals surface area contributed by atoms with E-state index in [4.69, 9.17) is 11.6 Å². The Morgan fingerprint density at radius 1 is 1.29 bits per heavy atom. The molecule has 1 unspecified atom stereocenters. The molecule has 1 atom stereocenters. The van der Waals surface area contributed by atoms with Crippen LogP contribution in [0.25, 0.3) is 0 Å². The van der Waals surface area contributed by atoms with Crippen LogP contribution < -0.4 is 5.32 Å². The van der Waals surface area contributed by atoms with Crippen molar-refractivity contribution in [1.29, 1.82) is 0 Å². The quantitative estimate of drug-likeness (QED) is 0.887. The van der Waals surface area contributed by atoms with Crippen LogP contribution in [0.1, 0.15) is 29.4 Å². The number of nitrogens with zero attached hydrogens (tertiary/aromatic N) is 2. The van der Waals surface area contributed by atoms with Gasteiger partial charge in [-0.3, -0.25) is 4.68 Å². The predicted molar refractivity (Wildman–Crippen MR) is 89.0 cm³/mol. The lowest BCUT2D eigenvalue weighted by Crippen LogP contribution is -2.31. The molecule has 0 bridgehead atoms. The van der Waals surface area contributed by atoms with Crippen LogP contribution in [0, 0.1) is 6.92 Å². The van der Waals surface area contributed by atoms with Crippen molar-refractivity contribution < 1.29 is 0 Å². The number of benzene rings is 1. The van der Waals surface area contributed by atoms with Gasteiger partial charge in [-0.25, -0.2) is 0 Å². The molecule has 0 aliphatic heterocycles. The van der Waals surface area contributed by atoms with Crippen molar-refractivity contribution >= 4 is 11.6 Å². The Morgan fingerprint density at radius 3 is 2.57 bits per heavy atom. The van der Waals surface area contributed by atoms with E-state index < -0.39 is 0 Å². The van der Waals surface area contributed by atoms with Gasteiger partial charge in [-0.05, 0) is 37.9 Å². The van der Waals surface area contributed by atoms with Gasteiger partial charge in [-0.15, -0.1) is 0 Å². The first-order valence-electron chi connectivity index (χ1n) is 7.48. The Labute approximate surface area is 132 Å². The second-order valence-corrected chi connectivity index (χ2v) is 5.88. The minimum atomic E-state index is 0.351. The van der Waals surface area contributed by atoms with Crippen molar-refractivity contribution in [3.63, 3.8) is 0 Å². The zero-order valence-electron chi connectivity index (χ0n) is 13.3. The van der Waals surface area contributed by atoms with Gasteiger partial charge in [0.2, 0.25) is 0 Å². The molecule has 1 aromatic carbocycles. The highest BCUT2D eigenvalue weighted by molar-refractivity contribution is 6.31. The van der Waals surface area contributed by atoms with Crippen molar-refractivity contribution in [1.82, 2.24) is 15.1 Å². The summed E-state index contributed by atoms with van der Waals surface area (Å²) in [5.74, 6) is 0. The highest BCUT2D eigenvalue weighted by Crippen LogP contribution is 2.23. The van der Waals surface area contributed by atoms with Gasteiger partial charge in [-0.1, -0.05) is 42.8 Å². The van der Waals surface area contributed by atoms with Crippen LogP contribution in [-0.2, 0) is 26.3 Å². The van der Waals surface area contributed by atoms with Gasteiger partial charge in [0.05, 0.1) is 16.4 Å². The third-order valence-electron chi connectivity index (χ3n) is 4.08. The van der Waals surface area contributed by atoms with Crippen molar-refractivity contribution in [3.8, 4) is 0 Å². The number of rotatable bonds is 6. The van der Waals surface area contributed by atoms with Gasteiger partial charge < -0.3 is 5.32 Å². The van der Waals surface area contributed by atoms with Gasteiger partial charge in [0.1, 0.15) is 0 Å². The van der Waals surface area contributed by atoms with E-state index in [2.05, 4.69) is 48.5 Å². The van der Waals surface area contributed by atoms with Crippen molar-refractivity contribution in [2.75, 3.05) is 7.05 Å².